The first-order valence-electron chi connectivity index (χ1n) is 7.69. The van der Waals surface area contributed by atoms with Crippen molar-refractivity contribution in [2.24, 2.45) is 5.92 Å². The molecule has 0 heterocycles. The molecule has 4 nitrogen and oxygen atoms in total. The number of ether oxygens (including phenoxy) is 2. The van der Waals surface area contributed by atoms with E-state index in [0.29, 0.717) is 6.42 Å². The van der Waals surface area contributed by atoms with E-state index in [1.807, 2.05) is 20.8 Å². The highest BCUT2D eigenvalue weighted by molar-refractivity contribution is 6.37. The summed E-state index contributed by atoms with van der Waals surface area (Å²) >= 11 is 11.9. The van der Waals surface area contributed by atoms with Crippen LogP contribution in [0.15, 0.2) is 18.2 Å². The average Bonchev–Trinajstić information content (AvgIpc) is 2.48. The Morgan fingerprint density at radius 2 is 1.65 bits per heavy atom. The van der Waals surface area contributed by atoms with Crippen LogP contribution in [0.5, 0.6) is 5.75 Å². The standard InChI is InChI=1S/C17H22Cl2O4/c1-4-14(11(2)3)22-15(20)9-6-10-16(21)23-17-12(18)7-5-8-13(17)19/h5,7-8,11,14H,4,6,9-10H2,1-3H3. The summed E-state index contributed by atoms with van der Waals surface area (Å²) in [5.74, 6) is -0.358. The molecule has 0 saturated carbocycles. The Morgan fingerprint density at radius 1 is 1.09 bits per heavy atom. The second-order valence-corrected chi connectivity index (χ2v) is 6.37. The fraction of sp³-hybridized carbons (Fsp3) is 0.529. The molecule has 0 saturated heterocycles. The van der Waals surface area contributed by atoms with Crippen molar-refractivity contribution in [1.29, 1.82) is 0 Å². The largest absolute Gasteiger partial charge is 0.462 e. The second-order valence-electron chi connectivity index (χ2n) is 5.56. The van der Waals surface area contributed by atoms with Crippen LogP contribution in [0.4, 0.5) is 0 Å². The summed E-state index contributed by atoms with van der Waals surface area (Å²) in [6.07, 6.45) is 1.31. The molecule has 0 aliphatic rings. The van der Waals surface area contributed by atoms with E-state index in [9.17, 15) is 9.59 Å². The molecule has 23 heavy (non-hydrogen) atoms. The molecule has 1 rings (SSSR count). The van der Waals surface area contributed by atoms with Gasteiger partial charge in [0.05, 0.1) is 10.0 Å². The number of para-hydroxylation sites is 1. The lowest BCUT2D eigenvalue weighted by Crippen LogP contribution is -2.22. The third kappa shape index (κ3) is 6.80. The van der Waals surface area contributed by atoms with Gasteiger partial charge in [-0.05, 0) is 30.9 Å². The maximum Gasteiger partial charge on any atom is 0.311 e. The van der Waals surface area contributed by atoms with Crippen molar-refractivity contribution in [3.8, 4) is 5.75 Å². The van der Waals surface area contributed by atoms with Crippen molar-refractivity contribution in [3.05, 3.63) is 28.2 Å². The first kappa shape index (κ1) is 19.8. The van der Waals surface area contributed by atoms with Gasteiger partial charge >= 0.3 is 11.9 Å². The molecule has 128 valence electrons. The Kier molecular flexibility index (Phi) is 8.42. The Bertz CT molecular complexity index is 523. The number of carbonyl (C=O) groups is 2. The molecule has 0 radical (unpaired) electrons. The lowest BCUT2D eigenvalue weighted by molar-refractivity contribution is -0.151. The van der Waals surface area contributed by atoms with Crippen molar-refractivity contribution in [2.45, 2.75) is 52.6 Å². The van der Waals surface area contributed by atoms with E-state index in [1.165, 1.54) is 0 Å². The van der Waals surface area contributed by atoms with Gasteiger partial charge in [-0.25, -0.2) is 0 Å². The van der Waals surface area contributed by atoms with Crippen molar-refractivity contribution in [3.63, 3.8) is 0 Å². The van der Waals surface area contributed by atoms with Crippen molar-refractivity contribution in [1.82, 2.24) is 0 Å². The molecule has 6 heteroatoms. The number of benzene rings is 1. The molecule has 1 unspecified atom stereocenters. The molecular weight excluding hydrogens is 339 g/mol. The fourth-order valence-electron chi connectivity index (χ4n) is 2.04. The predicted molar refractivity (Wildman–Crippen MR) is 91.0 cm³/mol. The maximum atomic E-state index is 11.8. The molecule has 0 aliphatic heterocycles. The summed E-state index contributed by atoms with van der Waals surface area (Å²) in [4.78, 5) is 23.5. The molecule has 1 atom stereocenters. The number of hydrogen-bond donors (Lipinski definition) is 0. The van der Waals surface area contributed by atoms with Gasteiger partial charge < -0.3 is 9.47 Å². The number of hydrogen-bond acceptors (Lipinski definition) is 4. The van der Waals surface area contributed by atoms with Crippen LogP contribution in [0.2, 0.25) is 10.0 Å². The first-order chi connectivity index (χ1) is 10.8. The van der Waals surface area contributed by atoms with Crippen LogP contribution >= 0.6 is 23.2 Å². The summed E-state index contributed by atoms with van der Waals surface area (Å²) < 4.78 is 10.5. The zero-order valence-corrected chi connectivity index (χ0v) is 15.1. The van der Waals surface area contributed by atoms with E-state index in [2.05, 4.69) is 0 Å². The van der Waals surface area contributed by atoms with E-state index in [-0.39, 0.29) is 46.6 Å². The van der Waals surface area contributed by atoms with Crippen LogP contribution in [0, 0.1) is 5.92 Å². The summed E-state index contributed by atoms with van der Waals surface area (Å²) in [6.45, 7) is 5.99. The van der Waals surface area contributed by atoms with Crippen LogP contribution < -0.4 is 4.74 Å². The SMILES string of the molecule is CCC(OC(=O)CCCC(=O)Oc1c(Cl)cccc1Cl)C(C)C. The molecule has 0 aromatic heterocycles. The summed E-state index contributed by atoms with van der Waals surface area (Å²) in [5, 5.41) is 0.543. The molecule has 0 fully saturated rings. The monoisotopic (exact) mass is 360 g/mol. The van der Waals surface area contributed by atoms with Gasteiger partial charge in [-0.2, -0.15) is 0 Å². The van der Waals surface area contributed by atoms with Crippen molar-refractivity contribution >= 4 is 35.1 Å². The van der Waals surface area contributed by atoms with Gasteiger partial charge in [0.15, 0.2) is 5.75 Å². The number of carbonyl (C=O) groups excluding carboxylic acids is 2. The normalized spacial score (nSPS) is 12.1. The Morgan fingerprint density at radius 3 is 2.17 bits per heavy atom. The zero-order chi connectivity index (χ0) is 17.4. The zero-order valence-electron chi connectivity index (χ0n) is 13.6. The highest BCUT2D eigenvalue weighted by Gasteiger charge is 2.17. The van der Waals surface area contributed by atoms with Crippen LogP contribution in [-0.4, -0.2) is 18.0 Å². The van der Waals surface area contributed by atoms with Crippen molar-refractivity contribution < 1.29 is 19.1 Å². The van der Waals surface area contributed by atoms with E-state index in [0.717, 1.165) is 6.42 Å². The molecule has 0 bridgehead atoms. The van der Waals surface area contributed by atoms with Crippen LogP contribution in [0.25, 0.3) is 0 Å². The van der Waals surface area contributed by atoms with Gasteiger partial charge in [0, 0.05) is 12.8 Å². The van der Waals surface area contributed by atoms with Gasteiger partial charge in [-0.3, -0.25) is 9.59 Å². The van der Waals surface area contributed by atoms with Gasteiger partial charge in [0.2, 0.25) is 0 Å². The topological polar surface area (TPSA) is 52.6 Å². The van der Waals surface area contributed by atoms with E-state index in [1.54, 1.807) is 18.2 Å². The van der Waals surface area contributed by atoms with Crippen LogP contribution in [0.3, 0.4) is 0 Å². The number of esters is 2. The molecule has 1 aromatic carbocycles. The maximum absolute atomic E-state index is 11.8. The molecular formula is C17H22Cl2O4. The molecule has 1 aromatic rings. The minimum atomic E-state index is -0.483. The molecule has 0 spiro atoms. The third-order valence-electron chi connectivity index (χ3n) is 3.33. The Hall–Kier alpha value is -1.26. The molecule has 0 amide bonds. The quantitative estimate of drug-likeness (QED) is 0.480. The molecule has 0 N–H and O–H groups in total. The summed E-state index contributed by atoms with van der Waals surface area (Å²) in [6, 6.07) is 4.84. The number of rotatable bonds is 8. The summed E-state index contributed by atoms with van der Waals surface area (Å²) in [7, 11) is 0. The lowest BCUT2D eigenvalue weighted by Gasteiger charge is -2.19. The third-order valence-corrected chi connectivity index (χ3v) is 3.92. The highest BCUT2D eigenvalue weighted by atomic mass is 35.5. The highest BCUT2D eigenvalue weighted by Crippen LogP contribution is 2.32. The van der Waals surface area contributed by atoms with Gasteiger partial charge in [0.25, 0.3) is 0 Å². The number of halogens is 2. The summed E-state index contributed by atoms with van der Waals surface area (Å²) in [5.41, 5.74) is 0. The Balaban J connectivity index is 2.38. The lowest BCUT2D eigenvalue weighted by atomic mass is 10.1. The van der Waals surface area contributed by atoms with Crippen LogP contribution in [0.1, 0.15) is 46.5 Å². The van der Waals surface area contributed by atoms with Crippen LogP contribution in [-0.2, 0) is 14.3 Å². The predicted octanol–water partition coefficient (Wildman–Crippen LogP) is 5.05. The first-order valence-corrected chi connectivity index (χ1v) is 8.44. The van der Waals surface area contributed by atoms with Gasteiger partial charge in [-0.15, -0.1) is 0 Å². The van der Waals surface area contributed by atoms with Crippen molar-refractivity contribution in [2.75, 3.05) is 0 Å². The minimum Gasteiger partial charge on any atom is -0.462 e. The molecule has 0 aliphatic carbocycles. The average molecular weight is 361 g/mol. The van der Waals surface area contributed by atoms with Gasteiger partial charge in [0.1, 0.15) is 6.10 Å². The van der Waals surface area contributed by atoms with E-state index < -0.39 is 5.97 Å². The smallest absolute Gasteiger partial charge is 0.311 e. The van der Waals surface area contributed by atoms with E-state index >= 15 is 0 Å². The second kappa shape index (κ2) is 9.78. The van der Waals surface area contributed by atoms with Gasteiger partial charge in [-0.1, -0.05) is 50.0 Å². The van der Waals surface area contributed by atoms with E-state index in [4.69, 9.17) is 32.7 Å². The fourth-order valence-corrected chi connectivity index (χ4v) is 2.52. The Labute approximate surface area is 147 Å². The minimum absolute atomic E-state index is 0.0867.